The summed E-state index contributed by atoms with van der Waals surface area (Å²) in [7, 11) is 0. The number of hydrogen-bond donors (Lipinski definition) is 1. The Hall–Kier alpha value is -3.95. The maximum absolute atomic E-state index is 14.7. The van der Waals surface area contributed by atoms with Gasteiger partial charge in [-0.15, -0.1) is 5.10 Å². The van der Waals surface area contributed by atoms with Gasteiger partial charge in [0.15, 0.2) is 5.69 Å². The molecule has 3 amide bonds. The van der Waals surface area contributed by atoms with Gasteiger partial charge < -0.3 is 4.90 Å². The fourth-order valence-corrected chi connectivity index (χ4v) is 4.23. The van der Waals surface area contributed by atoms with Crippen LogP contribution < -0.4 is 5.32 Å². The summed E-state index contributed by atoms with van der Waals surface area (Å²) in [5.41, 5.74) is 1.36. The lowest BCUT2D eigenvalue weighted by molar-refractivity contribution is -0.136. The van der Waals surface area contributed by atoms with Gasteiger partial charge in [0.05, 0.1) is 12.7 Å². The van der Waals surface area contributed by atoms with Crippen molar-refractivity contribution in [3.63, 3.8) is 0 Å². The van der Waals surface area contributed by atoms with Crippen LogP contribution in [0, 0.1) is 0 Å². The second kappa shape index (κ2) is 7.88. The second-order valence-corrected chi connectivity index (χ2v) is 8.13. The van der Waals surface area contributed by atoms with E-state index in [9.17, 15) is 23.2 Å². The third kappa shape index (κ3) is 3.77. The monoisotopic (exact) mass is 451 g/mol. The van der Waals surface area contributed by atoms with E-state index in [2.05, 4.69) is 15.6 Å². The molecule has 1 saturated heterocycles. The SMILES string of the molecule is O=C1CCC(N2Cc3cc(Cn4cc(C(F)(F)c5ccccc5)nn4)ccc3C2=O)C(=O)N1. The van der Waals surface area contributed by atoms with E-state index in [1.54, 1.807) is 24.3 Å². The minimum absolute atomic E-state index is 0.165. The van der Waals surface area contributed by atoms with Gasteiger partial charge in [0.1, 0.15) is 6.04 Å². The first kappa shape index (κ1) is 20.9. The molecule has 0 spiro atoms. The van der Waals surface area contributed by atoms with Crippen molar-refractivity contribution in [1.29, 1.82) is 0 Å². The summed E-state index contributed by atoms with van der Waals surface area (Å²) in [6.45, 7) is 0.431. The molecule has 0 saturated carbocycles. The molecule has 1 atom stereocenters. The van der Waals surface area contributed by atoms with Crippen molar-refractivity contribution in [2.24, 2.45) is 0 Å². The summed E-state index contributed by atoms with van der Waals surface area (Å²) in [6, 6.07) is 11.9. The molecule has 1 fully saturated rings. The van der Waals surface area contributed by atoms with E-state index in [-0.39, 0.29) is 43.3 Å². The van der Waals surface area contributed by atoms with E-state index in [0.29, 0.717) is 5.56 Å². The molecule has 2 aliphatic heterocycles. The number of piperidine rings is 1. The van der Waals surface area contributed by atoms with Crippen LogP contribution in [0.15, 0.2) is 54.7 Å². The lowest BCUT2D eigenvalue weighted by atomic mass is 10.0. The average Bonchev–Trinajstić information content (AvgIpc) is 3.39. The molecule has 3 aromatic rings. The van der Waals surface area contributed by atoms with Crippen LogP contribution in [0.25, 0.3) is 0 Å². The number of carbonyl (C=O) groups excluding carboxylic acids is 3. The number of alkyl halides is 2. The van der Waals surface area contributed by atoms with Crippen molar-refractivity contribution in [3.8, 4) is 0 Å². The van der Waals surface area contributed by atoms with Gasteiger partial charge in [-0.2, -0.15) is 8.78 Å². The summed E-state index contributed by atoms with van der Waals surface area (Å²) >= 11 is 0. The molecule has 3 heterocycles. The predicted octanol–water partition coefficient (Wildman–Crippen LogP) is 2.23. The number of carbonyl (C=O) groups is 3. The summed E-state index contributed by atoms with van der Waals surface area (Å²) in [4.78, 5) is 37.8. The van der Waals surface area contributed by atoms with E-state index in [1.807, 2.05) is 0 Å². The number of halogens is 2. The van der Waals surface area contributed by atoms with Crippen molar-refractivity contribution >= 4 is 17.7 Å². The number of nitrogens with zero attached hydrogens (tertiary/aromatic N) is 4. The van der Waals surface area contributed by atoms with E-state index in [1.165, 1.54) is 40.0 Å². The first-order valence-corrected chi connectivity index (χ1v) is 10.4. The number of amides is 3. The van der Waals surface area contributed by atoms with E-state index in [4.69, 9.17) is 0 Å². The number of benzene rings is 2. The summed E-state index contributed by atoms with van der Waals surface area (Å²) in [6.07, 6.45) is 1.68. The Morgan fingerprint density at radius 2 is 1.88 bits per heavy atom. The highest BCUT2D eigenvalue weighted by atomic mass is 19.3. The van der Waals surface area contributed by atoms with Crippen molar-refractivity contribution in [2.75, 3.05) is 0 Å². The highest BCUT2D eigenvalue weighted by Crippen LogP contribution is 2.34. The largest absolute Gasteiger partial charge is 0.322 e. The summed E-state index contributed by atoms with van der Waals surface area (Å²) in [5.74, 6) is -4.35. The van der Waals surface area contributed by atoms with E-state index < -0.39 is 23.6 Å². The Morgan fingerprint density at radius 3 is 2.64 bits per heavy atom. The molecule has 0 radical (unpaired) electrons. The molecule has 2 aliphatic rings. The first-order chi connectivity index (χ1) is 15.8. The van der Waals surface area contributed by atoms with Crippen LogP contribution in [0.5, 0.6) is 0 Å². The minimum atomic E-state index is -3.27. The van der Waals surface area contributed by atoms with Crippen LogP contribution in [0.1, 0.15) is 45.6 Å². The molecular weight excluding hydrogens is 432 g/mol. The smallest absolute Gasteiger partial charge is 0.318 e. The zero-order valence-electron chi connectivity index (χ0n) is 17.4. The molecule has 1 unspecified atom stereocenters. The van der Waals surface area contributed by atoms with Gasteiger partial charge in [0.25, 0.3) is 5.91 Å². The summed E-state index contributed by atoms with van der Waals surface area (Å²) < 4.78 is 30.8. The van der Waals surface area contributed by atoms with Gasteiger partial charge in [-0.1, -0.05) is 47.7 Å². The number of hydrogen-bond acceptors (Lipinski definition) is 5. The molecule has 5 rings (SSSR count). The summed E-state index contributed by atoms with van der Waals surface area (Å²) in [5, 5.41) is 9.78. The first-order valence-electron chi connectivity index (χ1n) is 10.4. The minimum Gasteiger partial charge on any atom is -0.322 e. The second-order valence-electron chi connectivity index (χ2n) is 8.13. The van der Waals surface area contributed by atoms with Crippen LogP contribution in [0.3, 0.4) is 0 Å². The fraction of sp³-hybridized carbons (Fsp3) is 0.261. The van der Waals surface area contributed by atoms with E-state index in [0.717, 1.165) is 11.1 Å². The molecule has 1 N–H and O–H groups in total. The molecule has 0 bridgehead atoms. The van der Waals surface area contributed by atoms with Crippen LogP contribution in [-0.2, 0) is 28.6 Å². The normalized spacial score (nSPS) is 18.4. The van der Waals surface area contributed by atoms with Crippen molar-refractivity contribution < 1.29 is 23.2 Å². The molecule has 33 heavy (non-hydrogen) atoms. The Balaban J connectivity index is 1.32. The molecule has 10 heteroatoms. The van der Waals surface area contributed by atoms with Crippen LogP contribution in [0.2, 0.25) is 0 Å². The Labute approximate surface area is 187 Å². The Kier molecular flexibility index (Phi) is 4.99. The predicted molar refractivity (Wildman–Crippen MR) is 111 cm³/mol. The number of aromatic nitrogens is 3. The van der Waals surface area contributed by atoms with Gasteiger partial charge in [-0.25, -0.2) is 4.68 Å². The fourth-order valence-electron chi connectivity index (χ4n) is 4.23. The van der Waals surface area contributed by atoms with E-state index >= 15 is 0 Å². The maximum Gasteiger partial charge on any atom is 0.318 e. The highest BCUT2D eigenvalue weighted by molar-refractivity contribution is 6.05. The highest BCUT2D eigenvalue weighted by Gasteiger charge is 2.39. The quantitative estimate of drug-likeness (QED) is 0.600. The average molecular weight is 451 g/mol. The van der Waals surface area contributed by atoms with Crippen LogP contribution in [-0.4, -0.2) is 43.7 Å². The van der Waals surface area contributed by atoms with Crippen molar-refractivity contribution in [3.05, 3.63) is 82.7 Å². The molecule has 8 nitrogen and oxygen atoms in total. The van der Waals surface area contributed by atoms with Gasteiger partial charge >= 0.3 is 5.92 Å². The maximum atomic E-state index is 14.7. The number of rotatable bonds is 5. The number of nitrogens with one attached hydrogen (secondary N) is 1. The van der Waals surface area contributed by atoms with Crippen LogP contribution in [0.4, 0.5) is 8.78 Å². The Morgan fingerprint density at radius 1 is 1.09 bits per heavy atom. The zero-order chi connectivity index (χ0) is 23.2. The zero-order valence-corrected chi connectivity index (χ0v) is 17.4. The van der Waals surface area contributed by atoms with Gasteiger partial charge in [-0.3, -0.25) is 19.7 Å². The lowest BCUT2D eigenvalue weighted by Gasteiger charge is -2.29. The molecule has 0 aliphatic carbocycles. The molecule has 2 aromatic carbocycles. The number of fused-ring (bicyclic) bond motifs is 1. The molecule has 168 valence electrons. The van der Waals surface area contributed by atoms with Crippen molar-refractivity contribution in [1.82, 2.24) is 25.2 Å². The Bertz CT molecular complexity index is 1260. The third-order valence-corrected chi connectivity index (χ3v) is 5.93. The topological polar surface area (TPSA) is 97.2 Å². The number of imide groups is 1. The third-order valence-electron chi connectivity index (χ3n) is 5.93. The standard InChI is InChI=1S/C23H19F2N5O3/c24-23(25,16-4-2-1-3-5-16)19-13-29(28-27-19)11-14-6-7-17-15(10-14)12-30(22(17)33)18-8-9-20(31)26-21(18)32/h1-7,10,13,18H,8-9,11-12H2,(H,26,31,32). The molecular formula is C23H19F2N5O3. The lowest BCUT2D eigenvalue weighted by Crippen LogP contribution is -2.52. The molecule has 1 aromatic heterocycles. The van der Waals surface area contributed by atoms with Gasteiger partial charge in [0, 0.05) is 24.1 Å². The van der Waals surface area contributed by atoms with Gasteiger partial charge in [0.2, 0.25) is 11.8 Å². The van der Waals surface area contributed by atoms with Crippen molar-refractivity contribution in [2.45, 2.75) is 37.9 Å². The van der Waals surface area contributed by atoms with Crippen LogP contribution >= 0.6 is 0 Å². The van der Waals surface area contributed by atoms with Gasteiger partial charge in [-0.05, 0) is 23.6 Å².